The van der Waals surface area contributed by atoms with Crippen molar-refractivity contribution in [2.24, 2.45) is 9.98 Å². The second kappa shape index (κ2) is 9.15. The molecule has 0 radical (unpaired) electrons. The molecule has 2 atom stereocenters. The number of methoxy groups -OCH3 is 1. The van der Waals surface area contributed by atoms with Crippen LogP contribution in [0.3, 0.4) is 0 Å². The van der Waals surface area contributed by atoms with E-state index in [0.717, 1.165) is 17.7 Å². The molecular formula is C23H19F4N5O2. The van der Waals surface area contributed by atoms with E-state index >= 15 is 0 Å². The predicted molar refractivity (Wildman–Crippen MR) is 118 cm³/mol. The van der Waals surface area contributed by atoms with Crippen LogP contribution in [0.25, 0.3) is 0 Å². The van der Waals surface area contributed by atoms with Gasteiger partial charge in [0, 0.05) is 29.3 Å². The van der Waals surface area contributed by atoms with Crippen molar-refractivity contribution in [1.82, 2.24) is 5.32 Å². The zero-order valence-electron chi connectivity index (χ0n) is 18.1. The minimum absolute atomic E-state index is 0.204. The van der Waals surface area contributed by atoms with Gasteiger partial charge in [-0.05, 0) is 37.2 Å². The fourth-order valence-corrected chi connectivity index (χ4v) is 3.92. The first-order chi connectivity index (χ1) is 16.2. The number of allylic oxidation sites excluding steroid dienone is 1. The second-order valence-electron chi connectivity index (χ2n) is 7.47. The molecule has 11 heteroatoms. The molecule has 2 N–H and O–H groups in total. The highest BCUT2D eigenvalue weighted by molar-refractivity contribution is 6.16. The molecule has 0 spiro atoms. The summed E-state index contributed by atoms with van der Waals surface area (Å²) in [5.74, 6) is -1.32. The normalized spacial score (nSPS) is 19.4. The number of halogens is 4. The third-order valence-electron chi connectivity index (χ3n) is 5.40. The molecule has 2 aliphatic rings. The zero-order chi connectivity index (χ0) is 24.5. The van der Waals surface area contributed by atoms with Gasteiger partial charge in [-0.25, -0.2) is 14.4 Å². The molecule has 0 saturated heterocycles. The van der Waals surface area contributed by atoms with Crippen molar-refractivity contribution < 1.29 is 27.0 Å². The molecule has 1 heterocycles. The van der Waals surface area contributed by atoms with Crippen LogP contribution in [0.1, 0.15) is 23.5 Å². The maximum Gasteiger partial charge on any atom is 0.573 e. The van der Waals surface area contributed by atoms with Crippen molar-refractivity contribution in [2.45, 2.75) is 24.9 Å². The Morgan fingerprint density at radius 1 is 1.18 bits per heavy atom. The SMILES string of the molecule is CNC1N=C(Nc2ccc(C#N)c(OC)c2)N=C2C1=CCC2c1ccc(OC(F)(F)F)cc1F. The number of benzene rings is 2. The van der Waals surface area contributed by atoms with E-state index < -0.39 is 30.0 Å². The number of hydrogen-bond acceptors (Lipinski definition) is 7. The van der Waals surface area contributed by atoms with E-state index in [1.165, 1.54) is 13.2 Å². The number of ether oxygens (including phenoxy) is 2. The smallest absolute Gasteiger partial charge is 0.495 e. The molecule has 176 valence electrons. The number of guanidine groups is 1. The molecule has 0 saturated carbocycles. The van der Waals surface area contributed by atoms with Gasteiger partial charge in [-0.2, -0.15) is 5.26 Å². The van der Waals surface area contributed by atoms with Crippen LogP contribution in [0.2, 0.25) is 0 Å². The summed E-state index contributed by atoms with van der Waals surface area (Å²) >= 11 is 0. The number of nitriles is 1. The standard InChI is InChI=1S/C23H19F4N5O2/c1-29-21-17-8-7-16(15-6-5-14(10-18(15)24)34-23(25,26)27)20(17)31-22(32-21)30-13-4-3-12(11-28)19(9-13)33-2/h3-6,8-10,16,21,29H,7H2,1-2H3,(H,30,32). The number of rotatable bonds is 5. The molecule has 4 rings (SSSR count). The van der Waals surface area contributed by atoms with Crippen LogP contribution in [0.15, 0.2) is 58.0 Å². The Hall–Kier alpha value is -3.91. The van der Waals surface area contributed by atoms with Gasteiger partial charge in [-0.3, -0.25) is 5.32 Å². The minimum Gasteiger partial charge on any atom is -0.495 e. The Morgan fingerprint density at radius 2 is 1.97 bits per heavy atom. The van der Waals surface area contributed by atoms with Crippen molar-refractivity contribution in [3.05, 3.63) is 65.0 Å². The summed E-state index contributed by atoms with van der Waals surface area (Å²) in [6.45, 7) is 0. The van der Waals surface area contributed by atoms with E-state index in [-0.39, 0.29) is 11.5 Å². The molecule has 0 amide bonds. The Balaban J connectivity index is 1.63. The molecule has 0 aromatic heterocycles. The van der Waals surface area contributed by atoms with Gasteiger partial charge in [0.1, 0.15) is 29.6 Å². The first-order valence-electron chi connectivity index (χ1n) is 10.2. The number of aliphatic imine (C=N–C) groups is 2. The number of anilines is 1. The number of fused-ring (bicyclic) bond motifs is 1. The van der Waals surface area contributed by atoms with Crippen LogP contribution < -0.4 is 20.1 Å². The number of nitrogens with one attached hydrogen (secondary N) is 2. The lowest BCUT2D eigenvalue weighted by atomic mass is 9.92. The molecule has 34 heavy (non-hydrogen) atoms. The fraction of sp³-hybridized carbons (Fsp3) is 0.261. The first kappa shape index (κ1) is 23.3. The number of alkyl halides is 3. The highest BCUT2D eigenvalue weighted by Crippen LogP contribution is 2.38. The van der Waals surface area contributed by atoms with Crippen LogP contribution in [0.5, 0.6) is 11.5 Å². The van der Waals surface area contributed by atoms with Crippen LogP contribution >= 0.6 is 0 Å². The number of hydrogen-bond donors (Lipinski definition) is 2. The molecule has 0 fully saturated rings. The first-order valence-corrected chi connectivity index (χ1v) is 10.2. The Bertz CT molecular complexity index is 1250. The van der Waals surface area contributed by atoms with Gasteiger partial charge in [0.2, 0.25) is 5.96 Å². The highest BCUT2D eigenvalue weighted by Gasteiger charge is 2.36. The van der Waals surface area contributed by atoms with Gasteiger partial charge in [0.05, 0.1) is 18.4 Å². The van der Waals surface area contributed by atoms with E-state index in [9.17, 15) is 17.6 Å². The van der Waals surface area contributed by atoms with E-state index in [4.69, 9.17) is 10.00 Å². The van der Waals surface area contributed by atoms with Gasteiger partial charge in [-0.1, -0.05) is 12.1 Å². The quantitative estimate of drug-likeness (QED) is 0.625. The third kappa shape index (κ3) is 4.72. The van der Waals surface area contributed by atoms with Crippen molar-refractivity contribution >= 4 is 17.4 Å². The second-order valence-corrected chi connectivity index (χ2v) is 7.47. The molecule has 7 nitrogen and oxygen atoms in total. The molecule has 1 aliphatic carbocycles. The van der Waals surface area contributed by atoms with Crippen molar-refractivity contribution in [3.63, 3.8) is 0 Å². The van der Waals surface area contributed by atoms with Gasteiger partial charge < -0.3 is 14.8 Å². The van der Waals surface area contributed by atoms with Crippen LogP contribution in [0, 0.1) is 17.1 Å². The molecule has 2 aromatic rings. The predicted octanol–water partition coefficient (Wildman–Crippen LogP) is 4.49. The number of nitrogens with zero attached hydrogens (tertiary/aromatic N) is 3. The summed E-state index contributed by atoms with van der Waals surface area (Å²) in [5, 5.41) is 15.3. The third-order valence-corrected chi connectivity index (χ3v) is 5.40. The van der Waals surface area contributed by atoms with E-state index in [0.29, 0.717) is 29.1 Å². The maximum absolute atomic E-state index is 14.8. The zero-order valence-corrected chi connectivity index (χ0v) is 18.1. The summed E-state index contributed by atoms with van der Waals surface area (Å²) in [6, 6.07) is 10.0. The monoisotopic (exact) mass is 473 g/mol. The summed E-state index contributed by atoms with van der Waals surface area (Å²) in [6.07, 6.45) is -3.06. The summed E-state index contributed by atoms with van der Waals surface area (Å²) in [7, 11) is 3.17. The molecular weight excluding hydrogens is 454 g/mol. The molecule has 1 aliphatic heterocycles. The highest BCUT2D eigenvalue weighted by atomic mass is 19.4. The van der Waals surface area contributed by atoms with Crippen LogP contribution in [0.4, 0.5) is 23.2 Å². The van der Waals surface area contributed by atoms with Gasteiger partial charge in [0.25, 0.3) is 0 Å². The van der Waals surface area contributed by atoms with E-state index in [2.05, 4.69) is 25.4 Å². The molecule has 2 unspecified atom stereocenters. The van der Waals surface area contributed by atoms with Crippen molar-refractivity contribution in [1.29, 1.82) is 5.26 Å². The Morgan fingerprint density at radius 3 is 2.62 bits per heavy atom. The average Bonchev–Trinajstić information content (AvgIpc) is 3.21. The maximum atomic E-state index is 14.8. The van der Waals surface area contributed by atoms with E-state index in [1.54, 1.807) is 25.2 Å². The minimum atomic E-state index is -4.91. The van der Waals surface area contributed by atoms with Gasteiger partial charge in [0.15, 0.2) is 0 Å². The molecule has 0 bridgehead atoms. The van der Waals surface area contributed by atoms with Crippen molar-refractivity contribution in [2.75, 3.05) is 19.5 Å². The summed E-state index contributed by atoms with van der Waals surface area (Å²) in [4.78, 5) is 9.11. The Kier molecular flexibility index (Phi) is 6.26. The van der Waals surface area contributed by atoms with Gasteiger partial charge in [-0.15, -0.1) is 13.2 Å². The van der Waals surface area contributed by atoms with Crippen LogP contribution in [-0.4, -0.2) is 38.4 Å². The molecule has 2 aromatic carbocycles. The lowest BCUT2D eigenvalue weighted by Crippen LogP contribution is -2.35. The largest absolute Gasteiger partial charge is 0.573 e. The Labute approximate surface area is 192 Å². The summed E-state index contributed by atoms with van der Waals surface area (Å²) < 4.78 is 61.2. The van der Waals surface area contributed by atoms with Gasteiger partial charge >= 0.3 is 6.36 Å². The topological polar surface area (TPSA) is 91.0 Å². The number of likely N-dealkylation sites (N-methyl/N-ethyl adjacent to an activating group) is 1. The lowest BCUT2D eigenvalue weighted by Gasteiger charge is -2.24. The average molecular weight is 473 g/mol. The fourth-order valence-electron chi connectivity index (χ4n) is 3.92. The lowest BCUT2D eigenvalue weighted by molar-refractivity contribution is -0.274. The summed E-state index contributed by atoms with van der Waals surface area (Å²) in [5.41, 5.74) is 2.48. The van der Waals surface area contributed by atoms with E-state index in [1.807, 2.05) is 12.1 Å². The van der Waals surface area contributed by atoms with Crippen LogP contribution in [-0.2, 0) is 0 Å². The van der Waals surface area contributed by atoms with Crippen molar-refractivity contribution in [3.8, 4) is 17.6 Å².